The highest BCUT2D eigenvalue weighted by molar-refractivity contribution is 7.92. The highest BCUT2D eigenvalue weighted by Gasteiger charge is 2.30. The van der Waals surface area contributed by atoms with Gasteiger partial charge in [-0.25, -0.2) is 8.42 Å². The molecule has 174 valence electrons. The number of thiophene rings is 1. The van der Waals surface area contributed by atoms with Gasteiger partial charge in [0.25, 0.3) is 15.9 Å². The van der Waals surface area contributed by atoms with Gasteiger partial charge in [-0.2, -0.15) is 0 Å². The number of nitrogens with one attached hydrogen (secondary N) is 2. The Morgan fingerprint density at radius 3 is 2.42 bits per heavy atom. The SMILES string of the molecule is Cc1ccc(NS(=O)(=O)c2cccc(C(=O)N[C@H](C)[C@@H](c3cccs3)N3CCCC3)c2)cc1. The van der Waals surface area contributed by atoms with Crippen molar-refractivity contribution in [1.82, 2.24) is 10.2 Å². The van der Waals surface area contributed by atoms with Gasteiger partial charge in [0.1, 0.15) is 0 Å². The average molecular weight is 484 g/mol. The van der Waals surface area contributed by atoms with Gasteiger partial charge in [-0.1, -0.05) is 29.8 Å². The van der Waals surface area contributed by atoms with E-state index in [1.165, 1.54) is 17.0 Å². The molecule has 2 heterocycles. The first-order chi connectivity index (χ1) is 15.8. The second-order valence-corrected chi connectivity index (χ2v) is 11.1. The minimum atomic E-state index is -3.81. The topological polar surface area (TPSA) is 78.5 Å². The van der Waals surface area contributed by atoms with Gasteiger partial charge in [0.05, 0.1) is 10.9 Å². The number of benzene rings is 2. The maximum absolute atomic E-state index is 13.1. The van der Waals surface area contributed by atoms with Crippen molar-refractivity contribution in [3.05, 3.63) is 82.0 Å². The van der Waals surface area contributed by atoms with E-state index in [1.54, 1.807) is 35.6 Å². The maximum atomic E-state index is 13.1. The van der Waals surface area contributed by atoms with E-state index in [1.807, 2.05) is 32.0 Å². The fraction of sp³-hybridized carbons (Fsp3) is 0.320. The number of hydrogen-bond donors (Lipinski definition) is 2. The molecule has 8 heteroatoms. The van der Waals surface area contributed by atoms with Crippen LogP contribution in [0, 0.1) is 6.92 Å². The molecule has 2 N–H and O–H groups in total. The van der Waals surface area contributed by atoms with Gasteiger partial charge in [-0.3, -0.25) is 14.4 Å². The standard InChI is InChI=1S/C25H29N3O3S2/c1-18-10-12-21(13-11-18)27-33(30,31)22-8-5-7-20(17-22)25(29)26-19(2)24(23-9-6-16-32-23)28-14-3-4-15-28/h5-13,16-17,19,24,27H,3-4,14-15H2,1-2H3,(H,26,29)/t19-,24+/m1/s1. The number of likely N-dealkylation sites (tertiary alicyclic amines) is 1. The van der Waals surface area contributed by atoms with Crippen molar-refractivity contribution >= 4 is 33.0 Å². The van der Waals surface area contributed by atoms with Crippen molar-refractivity contribution in [3.63, 3.8) is 0 Å². The Hall–Kier alpha value is -2.68. The van der Waals surface area contributed by atoms with Crippen molar-refractivity contribution in [2.75, 3.05) is 17.8 Å². The molecule has 0 bridgehead atoms. The van der Waals surface area contributed by atoms with Gasteiger partial charge in [0.2, 0.25) is 0 Å². The lowest BCUT2D eigenvalue weighted by atomic mass is 10.1. The number of aryl methyl sites for hydroxylation is 1. The van der Waals surface area contributed by atoms with E-state index < -0.39 is 10.0 Å². The summed E-state index contributed by atoms with van der Waals surface area (Å²) >= 11 is 1.70. The highest BCUT2D eigenvalue weighted by atomic mass is 32.2. The molecule has 0 spiro atoms. The van der Waals surface area contributed by atoms with E-state index in [2.05, 4.69) is 26.4 Å². The zero-order valence-electron chi connectivity index (χ0n) is 18.8. The lowest BCUT2D eigenvalue weighted by Gasteiger charge is -2.32. The molecule has 0 unspecified atom stereocenters. The van der Waals surface area contributed by atoms with Crippen LogP contribution in [0.5, 0.6) is 0 Å². The normalized spacial score (nSPS) is 16.3. The van der Waals surface area contributed by atoms with Crippen LogP contribution >= 0.6 is 11.3 Å². The molecule has 1 aliphatic rings. The Morgan fingerprint density at radius 1 is 1.03 bits per heavy atom. The first kappa shape index (κ1) is 23.5. The number of amides is 1. The summed E-state index contributed by atoms with van der Waals surface area (Å²) in [4.78, 5) is 16.8. The Balaban J connectivity index is 1.50. The molecular formula is C25H29N3O3S2. The quantitative estimate of drug-likeness (QED) is 0.482. The monoisotopic (exact) mass is 483 g/mol. The van der Waals surface area contributed by atoms with Crippen molar-refractivity contribution in [2.45, 2.75) is 43.7 Å². The fourth-order valence-electron chi connectivity index (χ4n) is 4.23. The number of nitrogens with zero attached hydrogens (tertiary/aromatic N) is 1. The van der Waals surface area contributed by atoms with E-state index in [-0.39, 0.29) is 22.9 Å². The number of hydrogen-bond acceptors (Lipinski definition) is 5. The van der Waals surface area contributed by atoms with E-state index >= 15 is 0 Å². The summed E-state index contributed by atoms with van der Waals surface area (Å²) in [6, 6.07) is 17.4. The molecule has 0 saturated carbocycles. The molecule has 0 aliphatic carbocycles. The Bertz CT molecular complexity index is 1190. The molecule has 3 aromatic rings. The largest absolute Gasteiger partial charge is 0.348 e. The third kappa shape index (κ3) is 5.63. The van der Waals surface area contributed by atoms with Crippen LogP contribution in [0.4, 0.5) is 5.69 Å². The number of carbonyl (C=O) groups excluding carboxylic acids is 1. The fourth-order valence-corrected chi connectivity index (χ4v) is 6.30. The Labute approximate surface area is 199 Å². The highest BCUT2D eigenvalue weighted by Crippen LogP contribution is 2.31. The van der Waals surface area contributed by atoms with Crippen LogP contribution in [0.3, 0.4) is 0 Å². The summed E-state index contributed by atoms with van der Waals surface area (Å²) in [5, 5.41) is 5.16. The van der Waals surface area contributed by atoms with Crippen LogP contribution in [-0.2, 0) is 10.0 Å². The molecule has 33 heavy (non-hydrogen) atoms. The van der Waals surface area contributed by atoms with E-state index in [9.17, 15) is 13.2 Å². The molecule has 6 nitrogen and oxygen atoms in total. The third-order valence-corrected chi connectivity index (χ3v) is 8.23. The van der Waals surface area contributed by atoms with E-state index in [0.29, 0.717) is 11.3 Å². The molecule has 1 aliphatic heterocycles. The lowest BCUT2D eigenvalue weighted by molar-refractivity contribution is 0.0907. The van der Waals surface area contributed by atoms with Gasteiger partial charge in [-0.15, -0.1) is 11.3 Å². The molecule has 1 aromatic heterocycles. The summed E-state index contributed by atoms with van der Waals surface area (Å²) < 4.78 is 28.3. The molecule has 2 aromatic carbocycles. The molecular weight excluding hydrogens is 454 g/mol. The van der Waals surface area contributed by atoms with Crippen molar-refractivity contribution in [1.29, 1.82) is 0 Å². The first-order valence-electron chi connectivity index (χ1n) is 11.1. The molecule has 1 fully saturated rings. The second kappa shape index (κ2) is 10.1. The van der Waals surface area contributed by atoms with Crippen LogP contribution in [-0.4, -0.2) is 38.4 Å². The van der Waals surface area contributed by atoms with Gasteiger partial charge >= 0.3 is 0 Å². The predicted octanol–water partition coefficient (Wildman–Crippen LogP) is 4.81. The van der Waals surface area contributed by atoms with Crippen LogP contribution < -0.4 is 10.0 Å². The third-order valence-electron chi connectivity index (χ3n) is 5.91. The summed E-state index contributed by atoms with van der Waals surface area (Å²) in [6.07, 6.45) is 2.33. The molecule has 4 rings (SSSR count). The van der Waals surface area contributed by atoms with Crippen LogP contribution in [0.25, 0.3) is 0 Å². The maximum Gasteiger partial charge on any atom is 0.261 e. The van der Waals surface area contributed by atoms with Gasteiger partial charge in [0, 0.05) is 22.2 Å². The van der Waals surface area contributed by atoms with E-state index in [0.717, 1.165) is 31.5 Å². The summed E-state index contributed by atoms with van der Waals surface area (Å²) in [5.74, 6) is -0.282. The predicted molar refractivity (Wildman–Crippen MR) is 133 cm³/mol. The van der Waals surface area contributed by atoms with Crippen LogP contribution in [0.1, 0.15) is 46.6 Å². The Kier molecular flexibility index (Phi) is 7.17. The van der Waals surface area contributed by atoms with Crippen molar-refractivity contribution in [3.8, 4) is 0 Å². The summed E-state index contributed by atoms with van der Waals surface area (Å²) in [7, 11) is -3.81. The number of carbonyl (C=O) groups is 1. The molecule has 1 amide bonds. The van der Waals surface area contributed by atoms with Gasteiger partial charge in [0.15, 0.2) is 0 Å². The number of sulfonamides is 1. The van der Waals surface area contributed by atoms with Crippen LogP contribution in [0.2, 0.25) is 0 Å². The lowest BCUT2D eigenvalue weighted by Crippen LogP contribution is -2.43. The van der Waals surface area contributed by atoms with Gasteiger partial charge < -0.3 is 5.32 Å². The van der Waals surface area contributed by atoms with Crippen molar-refractivity contribution < 1.29 is 13.2 Å². The second-order valence-electron chi connectivity index (χ2n) is 8.46. The zero-order chi connectivity index (χ0) is 23.4. The summed E-state index contributed by atoms with van der Waals surface area (Å²) in [5.41, 5.74) is 1.84. The van der Waals surface area contributed by atoms with Crippen molar-refractivity contribution in [2.24, 2.45) is 0 Å². The molecule has 2 atom stereocenters. The molecule has 0 radical (unpaired) electrons. The van der Waals surface area contributed by atoms with Gasteiger partial charge in [-0.05, 0) is 81.6 Å². The van der Waals surface area contributed by atoms with Crippen LogP contribution in [0.15, 0.2) is 70.9 Å². The molecule has 1 saturated heterocycles. The minimum Gasteiger partial charge on any atom is -0.348 e. The first-order valence-corrected chi connectivity index (χ1v) is 13.5. The smallest absolute Gasteiger partial charge is 0.261 e. The van der Waals surface area contributed by atoms with E-state index in [4.69, 9.17) is 0 Å². The minimum absolute atomic E-state index is 0.0535. The number of rotatable bonds is 8. The number of anilines is 1. The summed E-state index contributed by atoms with van der Waals surface area (Å²) in [6.45, 7) is 5.98. The zero-order valence-corrected chi connectivity index (χ0v) is 20.5. The average Bonchev–Trinajstić information content (AvgIpc) is 3.51. The Morgan fingerprint density at radius 2 is 1.76 bits per heavy atom.